The minimum atomic E-state index is -4.62. The predicted molar refractivity (Wildman–Crippen MR) is 96.3 cm³/mol. The number of alkyl halides is 3. The molecule has 1 aliphatic rings. The molecule has 2 aromatic rings. The molecule has 0 amide bonds. The van der Waals surface area contributed by atoms with E-state index in [-0.39, 0.29) is 28.5 Å². The summed E-state index contributed by atoms with van der Waals surface area (Å²) in [5, 5.41) is 4.42. The van der Waals surface area contributed by atoms with Crippen LogP contribution in [0.2, 0.25) is 0 Å². The molecule has 0 radical (unpaired) electrons. The topological polar surface area (TPSA) is 50.4 Å². The van der Waals surface area contributed by atoms with Gasteiger partial charge < -0.3 is 10.1 Å². The summed E-state index contributed by atoms with van der Waals surface area (Å²) >= 11 is 6.16. The average Bonchev–Trinajstić information content (AvgIpc) is 2.98. The lowest BCUT2D eigenvalue weighted by atomic mass is 9.98. The molecular formula is C15H13F3N2O2S3. The van der Waals surface area contributed by atoms with Crippen LogP contribution < -0.4 is 10.0 Å². The molecular weight excluding hydrogens is 393 g/mol. The SMILES string of the molecule is CC1Cc2c(ccc(NS(=O)c3cccs3)c2C(F)(F)F)NC(=S)O1. The Hall–Kier alpha value is -1.65. The molecule has 134 valence electrons. The van der Waals surface area contributed by atoms with Gasteiger partial charge in [0.1, 0.15) is 10.3 Å². The van der Waals surface area contributed by atoms with Gasteiger partial charge >= 0.3 is 6.18 Å². The maximum Gasteiger partial charge on any atom is 0.418 e. The van der Waals surface area contributed by atoms with E-state index >= 15 is 0 Å². The Kier molecular flexibility index (Phi) is 5.03. The van der Waals surface area contributed by atoms with E-state index in [0.29, 0.717) is 4.21 Å². The summed E-state index contributed by atoms with van der Waals surface area (Å²) in [4.78, 5) is 0. The maximum absolute atomic E-state index is 13.7. The molecule has 1 aromatic heterocycles. The zero-order valence-electron chi connectivity index (χ0n) is 12.8. The maximum atomic E-state index is 13.7. The predicted octanol–water partition coefficient (Wildman–Crippen LogP) is 4.56. The first-order valence-corrected chi connectivity index (χ1v) is 9.62. The molecule has 2 unspecified atom stereocenters. The summed E-state index contributed by atoms with van der Waals surface area (Å²) in [7, 11) is -1.78. The van der Waals surface area contributed by atoms with Crippen molar-refractivity contribution >= 4 is 51.1 Å². The molecule has 10 heteroatoms. The smallest absolute Gasteiger partial charge is 0.418 e. The molecule has 0 spiro atoms. The molecule has 1 aromatic carbocycles. The van der Waals surface area contributed by atoms with Crippen LogP contribution in [0, 0.1) is 0 Å². The van der Waals surface area contributed by atoms with Crippen LogP contribution in [0.25, 0.3) is 0 Å². The van der Waals surface area contributed by atoms with E-state index in [1.54, 1.807) is 24.4 Å². The molecule has 2 heterocycles. The van der Waals surface area contributed by atoms with Crippen LogP contribution >= 0.6 is 23.6 Å². The lowest BCUT2D eigenvalue weighted by Crippen LogP contribution is -2.18. The summed E-state index contributed by atoms with van der Waals surface area (Å²) in [6, 6.07) is 6.01. The fourth-order valence-corrected chi connectivity index (χ4v) is 4.59. The van der Waals surface area contributed by atoms with Crippen molar-refractivity contribution in [3.05, 3.63) is 40.8 Å². The number of anilines is 2. The second-order valence-corrected chi connectivity index (χ2v) is 8.12. The van der Waals surface area contributed by atoms with E-state index in [4.69, 9.17) is 17.0 Å². The molecule has 0 bridgehead atoms. The molecule has 0 aliphatic carbocycles. The number of hydrogen-bond donors (Lipinski definition) is 2. The van der Waals surface area contributed by atoms with Gasteiger partial charge in [-0.3, -0.25) is 4.72 Å². The van der Waals surface area contributed by atoms with Gasteiger partial charge in [0.05, 0.1) is 11.3 Å². The van der Waals surface area contributed by atoms with Gasteiger partial charge in [0.2, 0.25) is 0 Å². The number of rotatable bonds is 3. The molecule has 4 nitrogen and oxygen atoms in total. The number of thiophene rings is 1. The number of ether oxygens (including phenoxy) is 1. The van der Waals surface area contributed by atoms with Gasteiger partial charge in [0.15, 0.2) is 11.0 Å². The second kappa shape index (κ2) is 6.93. The van der Waals surface area contributed by atoms with E-state index in [1.165, 1.54) is 23.5 Å². The summed E-state index contributed by atoms with van der Waals surface area (Å²) in [5.41, 5.74) is -0.815. The molecule has 2 N–H and O–H groups in total. The Labute approximate surface area is 154 Å². The zero-order chi connectivity index (χ0) is 18.2. The van der Waals surface area contributed by atoms with Crippen molar-refractivity contribution < 1.29 is 22.1 Å². The standard InChI is InChI=1S/C15H13F3N2O2S3/c1-8-7-9-10(19-14(23)22-8)4-5-11(13(9)15(16,17)18)20-25(21)12-3-2-6-24-12/h2-6,8,20H,7H2,1H3,(H,19,23). The zero-order valence-corrected chi connectivity index (χ0v) is 15.3. The third-order valence-corrected chi connectivity index (χ3v) is 6.02. The average molecular weight is 406 g/mol. The Bertz CT molecular complexity index is 822. The minimum Gasteiger partial charge on any atom is -0.467 e. The number of benzene rings is 1. The molecule has 3 rings (SSSR count). The monoisotopic (exact) mass is 406 g/mol. The van der Waals surface area contributed by atoms with Crippen LogP contribution in [0.3, 0.4) is 0 Å². The third kappa shape index (κ3) is 3.96. The number of fused-ring (bicyclic) bond motifs is 1. The Balaban J connectivity index is 2.07. The fourth-order valence-electron chi connectivity index (χ4n) is 2.56. The number of halogens is 3. The number of thiocarbonyl (C=S) groups is 1. The van der Waals surface area contributed by atoms with Crippen LogP contribution in [-0.2, 0) is 28.3 Å². The summed E-state index contributed by atoms with van der Waals surface area (Å²) in [6.07, 6.45) is -5.11. The van der Waals surface area contributed by atoms with E-state index in [1.807, 2.05) is 0 Å². The molecule has 0 fully saturated rings. The number of hydrogen-bond acceptors (Lipinski definition) is 4. The summed E-state index contributed by atoms with van der Waals surface area (Å²) < 4.78 is 61.8. The van der Waals surface area contributed by atoms with Gasteiger partial charge in [-0.15, -0.1) is 11.3 Å². The van der Waals surface area contributed by atoms with Crippen LogP contribution in [-0.4, -0.2) is 15.5 Å². The summed E-state index contributed by atoms with van der Waals surface area (Å²) in [5.74, 6) is 0. The largest absolute Gasteiger partial charge is 0.467 e. The van der Waals surface area contributed by atoms with Gasteiger partial charge in [0, 0.05) is 12.1 Å². The molecule has 0 saturated carbocycles. The molecule has 0 saturated heterocycles. The van der Waals surface area contributed by atoms with E-state index < -0.39 is 28.8 Å². The van der Waals surface area contributed by atoms with Crippen LogP contribution in [0.5, 0.6) is 0 Å². The van der Waals surface area contributed by atoms with Crippen molar-refractivity contribution in [1.82, 2.24) is 0 Å². The first-order chi connectivity index (χ1) is 11.8. The van der Waals surface area contributed by atoms with Crippen molar-refractivity contribution in [1.29, 1.82) is 0 Å². The van der Waals surface area contributed by atoms with Crippen molar-refractivity contribution in [3.8, 4) is 0 Å². The lowest BCUT2D eigenvalue weighted by Gasteiger charge is -2.20. The highest BCUT2D eigenvalue weighted by Gasteiger charge is 2.39. The highest BCUT2D eigenvalue weighted by molar-refractivity contribution is 7.88. The number of nitrogens with one attached hydrogen (secondary N) is 2. The Morgan fingerprint density at radius 3 is 2.80 bits per heavy atom. The quantitative estimate of drug-likeness (QED) is 0.734. The molecule has 1 aliphatic heterocycles. The Morgan fingerprint density at radius 1 is 1.40 bits per heavy atom. The lowest BCUT2D eigenvalue weighted by molar-refractivity contribution is -0.137. The van der Waals surface area contributed by atoms with E-state index in [0.717, 1.165) is 0 Å². The van der Waals surface area contributed by atoms with Crippen LogP contribution in [0.15, 0.2) is 33.9 Å². The van der Waals surface area contributed by atoms with Crippen LogP contribution in [0.4, 0.5) is 24.5 Å². The van der Waals surface area contributed by atoms with Crippen molar-refractivity contribution in [2.45, 2.75) is 29.8 Å². The van der Waals surface area contributed by atoms with E-state index in [9.17, 15) is 17.4 Å². The third-order valence-electron chi connectivity index (χ3n) is 3.51. The van der Waals surface area contributed by atoms with Gasteiger partial charge in [-0.1, -0.05) is 6.07 Å². The van der Waals surface area contributed by atoms with E-state index in [2.05, 4.69) is 10.0 Å². The van der Waals surface area contributed by atoms with Gasteiger partial charge in [-0.05, 0) is 48.3 Å². The van der Waals surface area contributed by atoms with Crippen molar-refractivity contribution in [3.63, 3.8) is 0 Å². The highest BCUT2D eigenvalue weighted by atomic mass is 32.2. The summed E-state index contributed by atoms with van der Waals surface area (Å²) in [6.45, 7) is 1.65. The Morgan fingerprint density at radius 2 is 2.16 bits per heavy atom. The highest BCUT2D eigenvalue weighted by Crippen LogP contribution is 2.42. The van der Waals surface area contributed by atoms with Crippen molar-refractivity contribution in [2.75, 3.05) is 10.0 Å². The van der Waals surface area contributed by atoms with Gasteiger partial charge in [-0.25, -0.2) is 4.21 Å². The second-order valence-electron chi connectivity index (χ2n) is 5.36. The van der Waals surface area contributed by atoms with Gasteiger partial charge in [-0.2, -0.15) is 13.2 Å². The van der Waals surface area contributed by atoms with Crippen molar-refractivity contribution in [2.24, 2.45) is 0 Å². The first kappa shape index (κ1) is 18.2. The normalized spacial score (nSPS) is 18.6. The molecule has 25 heavy (non-hydrogen) atoms. The van der Waals surface area contributed by atoms with Crippen LogP contribution in [0.1, 0.15) is 18.1 Å². The fraction of sp³-hybridized carbons (Fsp3) is 0.267. The molecule has 2 atom stereocenters. The minimum absolute atomic E-state index is 0.0263. The van der Waals surface area contributed by atoms with Gasteiger partial charge in [0.25, 0.3) is 5.17 Å². The first-order valence-electron chi connectivity index (χ1n) is 7.18.